The van der Waals surface area contributed by atoms with Gasteiger partial charge < -0.3 is 9.84 Å². The first kappa shape index (κ1) is 12.9. The van der Waals surface area contributed by atoms with Crippen molar-refractivity contribution in [2.45, 2.75) is 37.8 Å². The number of halogens is 1. The largest absolute Gasteiger partial charge is 0.495 e. The van der Waals surface area contributed by atoms with Crippen molar-refractivity contribution in [1.29, 1.82) is 0 Å². The molecule has 1 N–H and O–H groups in total. The molecule has 1 aromatic carbocycles. The number of aromatic nitrogens is 2. The molecule has 0 atom stereocenters. The van der Waals surface area contributed by atoms with Gasteiger partial charge in [0.1, 0.15) is 5.75 Å². The summed E-state index contributed by atoms with van der Waals surface area (Å²) in [7, 11) is 1.66. The SMILES string of the molecule is COc1cc2nn(C3CCC(O)CC3)cc2cc1Br. The Kier molecular flexibility index (Phi) is 3.50. The molecule has 4 nitrogen and oxygen atoms in total. The molecule has 0 radical (unpaired) electrons. The minimum atomic E-state index is -0.129. The first-order chi connectivity index (χ1) is 9.17. The van der Waals surface area contributed by atoms with E-state index in [-0.39, 0.29) is 6.10 Å². The zero-order chi connectivity index (χ0) is 13.4. The van der Waals surface area contributed by atoms with Gasteiger partial charge in [0, 0.05) is 17.6 Å². The van der Waals surface area contributed by atoms with E-state index in [0.717, 1.165) is 46.8 Å². The minimum Gasteiger partial charge on any atom is -0.495 e. The number of ether oxygens (including phenoxy) is 1. The number of aliphatic hydroxyl groups excluding tert-OH is 1. The van der Waals surface area contributed by atoms with Crippen LogP contribution >= 0.6 is 15.9 Å². The molecule has 0 bridgehead atoms. The second-order valence-electron chi connectivity index (χ2n) is 5.12. The summed E-state index contributed by atoms with van der Waals surface area (Å²) < 4.78 is 8.28. The van der Waals surface area contributed by atoms with Gasteiger partial charge in [-0.05, 0) is 47.7 Å². The van der Waals surface area contributed by atoms with Crippen molar-refractivity contribution in [3.05, 3.63) is 22.8 Å². The molecule has 0 aliphatic heterocycles. The zero-order valence-electron chi connectivity index (χ0n) is 10.8. The van der Waals surface area contributed by atoms with Crippen LogP contribution in [0.5, 0.6) is 5.75 Å². The van der Waals surface area contributed by atoms with E-state index in [9.17, 15) is 5.11 Å². The van der Waals surface area contributed by atoms with Gasteiger partial charge in [0.25, 0.3) is 0 Å². The van der Waals surface area contributed by atoms with Gasteiger partial charge in [0.15, 0.2) is 0 Å². The Balaban J connectivity index is 1.93. The average molecular weight is 325 g/mol. The Morgan fingerprint density at radius 2 is 2.05 bits per heavy atom. The molecule has 0 saturated heterocycles. The number of nitrogens with zero attached hydrogens (tertiary/aromatic N) is 2. The molecule has 1 aliphatic carbocycles. The summed E-state index contributed by atoms with van der Waals surface area (Å²) in [5, 5.41) is 15.3. The van der Waals surface area contributed by atoms with E-state index in [0.29, 0.717) is 6.04 Å². The highest BCUT2D eigenvalue weighted by atomic mass is 79.9. The Morgan fingerprint density at radius 3 is 2.74 bits per heavy atom. The topological polar surface area (TPSA) is 47.3 Å². The van der Waals surface area contributed by atoms with Crippen molar-refractivity contribution in [3.63, 3.8) is 0 Å². The van der Waals surface area contributed by atoms with Crippen LogP contribution in [0.4, 0.5) is 0 Å². The lowest BCUT2D eigenvalue weighted by molar-refractivity contribution is 0.108. The minimum absolute atomic E-state index is 0.129. The molecular weight excluding hydrogens is 308 g/mol. The molecule has 1 saturated carbocycles. The Labute approximate surface area is 120 Å². The fraction of sp³-hybridized carbons (Fsp3) is 0.500. The maximum Gasteiger partial charge on any atom is 0.135 e. The first-order valence-corrected chi connectivity index (χ1v) is 7.37. The summed E-state index contributed by atoms with van der Waals surface area (Å²) in [6.07, 6.45) is 5.68. The van der Waals surface area contributed by atoms with Gasteiger partial charge in [-0.2, -0.15) is 5.10 Å². The maximum absolute atomic E-state index is 9.57. The second-order valence-corrected chi connectivity index (χ2v) is 5.97. The van der Waals surface area contributed by atoms with Gasteiger partial charge in [0.2, 0.25) is 0 Å². The van der Waals surface area contributed by atoms with Crippen LogP contribution in [0, 0.1) is 0 Å². The molecule has 102 valence electrons. The van der Waals surface area contributed by atoms with Crippen LogP contribution in [0.25, 0.3) is 10.9 Å². The average Bonchev–Trinajstić information content (AvgIpc) is 2.81. The predicted molar refractivity (Wildman–Crippen MR) is 77.5 cm³/mol. The number of rotatable bonds is 2. The van der Waals surface area contributed by atoms with Gasteiger partial charge in [-0.25, -0.2) is 0 Å². The highest BCUT2D eigenvalue weighted by molar-refractivity contribution is 9.10. The van der Waals surface area contributed by atoms with E-state index in [1.54, 1.807) is 7.11 Å². The molecule has 1 aromatic heterocycles. The highest BCUT2D eigenvalue weighted by Crippen LogP contribution is 2.32. The standard InChI is InChI=1S/C14H17BrN2O2/c1-19-14-7-13-9(6-12(14)15)8-17(16-13)10-2-4-11(18)5-3-10/h6-8,10-11,18H,2-5H2,1H3. The third kappa shape index (κ3) is 2.49. The monoisotopic (exact) mass is 324 g/mol. The van der Waals surface area contributed by atoms with E-state index >= 15 is 0 Å². The summed E-state index contributed by atoms with van der Waals surface area (Å²) >= 11 is 3.50. The second kappa shape index (κ2) is 5.13. The quantitative estimate of drug-likeness (QED) is 0.922. The Morgan fingerprint density at radius 1 is 1.32 bits per heavy atom. The molecule has 1 heterocycles. The number of hydrogen-bond acceptors (Lipinski definition) is 3. The molecular formula is C14H17BrN2O2. The molecule has 1 fully saturated rings. The van der Waals surface area contributed by atoms with Crippen molar-refractivity contribution in [2.24, 2.45) is 0 Å². The van der Waals surface area contributed by atoms with Gasteiger partial charge in [-0.1, -0.05) is 0 Å². The van der Waals surface area contributed by atoms with Crippen LogP contribution in [0.3, 0.4) is 0 Å². The van der Waals surface area contributed by atoms with Crippen LogP contribution in [-0.2, 0) is 0 Å². The van der Waals surface area contributed by atoms with Gasteiger partial charge in [-0.15, -0.1) is 0 Å². The Hall–Kier alpha value is -1.07. The van der Waals surface area contributed by atoms with Crippen molar-refractivity contribution >= 4 is 26.8 Å². The van der Waals surface area contributed by atoms with Crippen LogP contribution in [0.15, 0.2) is 22.8 Å². The van der Waals surface area contributed by atoms with E-state index in [4.69, 9.17) is 4.74 Å². The molecule has 0 unspecified atom stereocenters. The number of methoxy groups -OCH3 is 1. The van der Waals surface area contributed by atoms with Crippen molar-refractivity contribution in [2.75, 3.05) is 7.11 Å². The zero-order valence-corrected chi connectivity index (χ0v) is 12.4. The van der Waals surface area contributed by atoms with Crippen LogP contribution in [0.1, 0.15) is 31.7 Å². The van der Waals surface area contributed by atoms with Crippen LogP contribution in [-0.4, -0.2) is 28.1 Å². The van der Waals surface area contributed by atoms with Crippen LogP contribution in [0.2, 0.25) is 0 Å². The smallest absolute Gasteiger partial charge is 0.135 e. The lowest BCUT2D eigenvalue weighted by Gasteiger charge is -2.25. The number of hydrogen-bond donors (Lipinski definition) is 1. The van der Waals surface area contributed by atoms with Crippen molar-refractivity contribution < 1.29 is 9.84 Å². The van der Waals surface area contributed by atoms with Gasteiger partial charge in [-0.3, -0.25) is 4.68 Å². The molecule has 19 heavy (non-hydrogen) atoms. The molecule has 5 heteroatoms. The van der Waals surface area contributed by atoms with E-state index in [2.05, 4.69) is 27.2 Å². The molecule has 3 rings (SSSR count). The summed E-state index contributed by atoms with van der Waals surface area (Å²) in [4.78, 5) is 0. The fourth-order valence-electron chi connectivity index (χ4n) is 2.71. The van der Waals surface area contributed by atoms with Crippen molar-refractivity contribution in [1.82, 2.24) is 9.78 Å². The van der Waals surface area contributed by atoms with Crippen LogP contribution < -0.4 is 4.74 Å². The lowest BCUT2D eigenvalue weighted by Crippen LogP contribution is -2.21. The maximum atomic E-state index is 9.57. The lowest BCUT2D eigenvalue weighted by atomic mass is 9.93. The molecule has 2 aromatic rings. The van der Waals surface area contributed by atoms with Crippen molar-refractivity contribution in [3.8, 4) is 5.75 Å². The van der Waals surface area contributed by atoms with Gasteiger partial charge in [0.05, 0.1) is 29.2 Å². The highest BCUT2D eigenvalue weighted by Gasteiger charge is 2.21. The van der Waals surface area contributed by atoms with E-state index in [1.807, 2.05) is 16.8 Å². The summed E-state index contributed by atoms with van der Waals surface area (Å²) in [6, 6.07) is 4.39. The molecule has 0 amide bonds. The summed E-state index contributed by atoms with van der Waals surface area (Å²) in [5.41, 5.74) is 0.950. The predicted octanol–water partition coefficient (Wildman–Crippen LogP) is 3.28. The number of benzene rings is 1. The Bertz CT molecular complexity index is 588. The van der Waals surface area contributed by atoms with Gasteiger partial charge >= 0.3 is 0 Å². The van der Waals surface area contributed by atoms with E-state index < -0.39 is 0 Å². The normalized spacial score (nSPS) is 23.7. The number of fused-ring (bicyclic) bond motifs is 1. The fourth-order valence-corrected chi connectivity index (χ4v) is 3.23. The number of aliphatic hydroxyl groups is 1. The first-order valence-electron chi connectivity index (χ1n) is 6.58. The summed E-state index contributed by atoms with van der Waals surface area (Å²) in [6.45, 7) is 0. The molecule has 1 aliphatic rings. The summed E-state index contributed by atoms with van der Waals surface area (Å²) in [5.74, 6) is 0.803. The molecule has 0 spiro atoms. The van der Waals surface area contributed by atoms with E-state index in [1.165, 1.54) is 0 Å². The third-order valence-corrected chi connectivity index (χ3v) is 4.46. The third-order valence-electron chi connectivity index (χ3n) is 3.84.